The number of nitrogens with zero attached hydrogens (tertiary/aromatic N) is 4. The number of hydrogen-bond acceptors (Lipinski definition) is 9. The Morgan fingerprint density at radius 1 is 1.12 bits per heavy atom. The number of benzene rings is 1. The molecule has 218 valence electrons. The lowest BCUT2D eigenvalue weighted by molar-refractivity contribution is -0.132. The fraction of sp³-hybridized carbons (Fsp3) is 0.323. The van der Waals surface area contributed by atoms with Crippen molar-refractivity contribution in [2.24, 2.45) is 5.92 Å². The molecule has 1 atom stereocenters. The number of thiazole rings is 1. The van der Waals surface area contributed by atoms with Crippen molar-refractivity contribution in [3.8, 4) is 5.75 Å². The average molecular weight is 589 g/mol. The van der Waals surface area contributed by atoms with Crippen molar-refractivity contribution >= 4 is 45.5 Å². The molecule has 1 aliphatic rings. The van der Waals surface area contributed by atoms with Crippen LogP contribution in [-0.2, 0) is 14.3 Å². The summed E-state index contributed by atoms with van der Waals surface area (Å²) in [6.45, 7) is 10.0. The molecule has 1 aromatic carbocycles. The van der Waals surface area contributed by atoms with E-state index in [1.54, 1.807) is 38.1 Å². The lowest BCUT2D eigenvalue weighted by atomic mass is 9.96. The number of rotatable bonds is 8. The largest absolute Gasteiger partial charge is 0.505 e. The van der Waals surface area contributed by atoms with Gasteiger partial charge in [-0.2, -0.15) is 0 Å². The number of carbonyl (C=O) groups is 3. The second-order valence-corrected chi connectivity index (χ2v) is 11.6. The molecule has 3 aromatic heterocycles. The van der Waals surface area contributed by atoms with Crippen LogP contribution in [0.3, 0.4) is 0 Å². The summed E-state index contributed by atoms with van der Waals surface area (Å²) in [6, 6.07) is 9.79. The van der Waals surface area contributed by atoms with E-state index >= 15 is 0 Å². The lowest BCUT2D eigenvalue weighted by Crippen LogP contribution is -2.29. The number of ether oxygens (including phenoxy) is 2. The second kappa shape index (κ2) is 11.4. The van der Waals surface area contributed by atoms with Gasteiger partial charge in [0.2, 0.25) is 0 Å². The van der Waals surface area contributed by atoms with Gasteiger partial charge in [0.05, 0.1) is 36.7 Å². The maximum absolute atomic E-state index is 13.7. The van der Waals surface area contributed by atoms with Crippen molar-refractivity contribution in [3.05, 3.63) is 81.3 Å². The van der Waals surface area contributed by atoms with E-state index in [9.17, 15) is 19.5 Å². The Labute approximate surface area is 247 Å². The number of imidazole rings is 1. The van der Waals surface area contributed by atoms with E-state index in [0.29, 0.717) is 40.9 Å². The summed E-state index contributed by atoms with van der Waals surface area (Å²) in [5.74, 6) is -1.74. The summed E-state index contributed by atoms with van der Waals surface area (Å²) in [5, 5.41) is 11.8. The number of anilines is 1. The molecule has 0 saturated carbocycles. The SMILES string of the molecule is COC(=O)c1sc(N2C(=O)C(=O)/C(=C(/O)c3nc4c(C)cccn4c3C)C2c2cccc(OCCC(C)C)c2)nc1C. The van der Waals surface area contributed by atoms with Crippen molar-refractivity contribution < 1.29 is 29.0 Å². The van der Waals surface area contributed by atoms with E-state index in [0.717, 1.165) is 23.3 Å². The van der Waals surface area contributed by atoms with E-state index in [4.69, 9.17) is 9.47 Å². The van der Waals surface area contributed by atoms with Gasteiger partial charge in [0, 0.05) is 6.20 Å². The smallest absolute Gasteiger partial charge is 0.350 e. The Hall–Kier alpha value is -4.51. The third-order valence-electron chi connectivity index (χ3n) is 7.25. The number of pyridine rings is 1. The van der Waals surface area contributed by atoms with Gasteiger partial charge in [0.15, 0.2) is 10.9 Å². The van der Waals surface area contributed by atoms with Crippen LogP contribution >= 0.6 is 11.3 Å². The number of aliphatic hydroxyl groups excluding tert-OH is 1. The van der Waals surface area contributed by atoms with Gasteiger partial charge in [-0.3, -0.25) is 14.5 Å². The van der Waals surface area contributed by atoms with Gasteiger partial charge < -0.3 is 19.0 Å². The fourth-order valence-corrected chi connectivity index (χ4v) is 5.99. The number of aryl methyl sites for hydroxylation is 3. The zero-order chi connectivity index (χ0) is 30.3. The van der Waals surface area contributed by atoms with Gasteiger partial charge in [-0.25, -0.2) is 14.8 Å². The molecule has 1 fully saturated rings. The first-order valence-electron chi connectivity index (χ1n) is 13.6. The Morgan fingerprint density at radius 3 is 2.57 bits per heavy atom. The number of aromatic nitrogens is 3. The number of Topliss-reactive ketones (excluding diaryl/α,β-unsaturated/α-hetero) is 1. The maximum atomic E-state index is 13.7. The van der Waals surface area contributed by atoms with Crippen molar-refractivity contribution in [2.45, 2.75) is 47.1 Å². The second-order valence-electron chi connectivity index (χ2n) is 10.6. The molecular formula is C31H32N4O6S. The van der Waals surface area contributed by atoms with Gasteiger partial charge in [0.1, 0.15) is 22.0 Å². The molecular weight excluding hydrogens is 556 g/mol. The zero-order valence-electron chi connectivity index (χ0n) is 24.3. The third-order valence-corrected chi connectivity index (χ3v) is 8.39. The van der Waals surface area contributed by atoms with Crippen LogP contribution in [-0.4, -0.2) is 50.9 Å². The van der Waals surface area contributed by atoms with E-state index in [1.165, 1.54) is 12.0 Å². The van der Waals surface area contributed by atoms with Crippen LogP contribution in [0.1, 0.15) is 64.2 Å². The summed E-state index contributed by atoms with van der Waals surface area (Å²) in [4.78, 5) is 50.3. The van der Waals surface area contributed by atoms with Gasteiger partial charge in [-0.15, -0.1) is 0 Å². The number of carbonyl (C=O) groups excluding carboxylic acids is 3. The van der Waals surface area contributed by atoms with Crippen molar-refractivity contribution in [1.29, 1.82) is 0 Å². The van der Waals surface area contributed by atoms with Crippen LogP contribution in [0.2, 0.25) is 0 Å². The summed E-state index contributed by atoms with van der Waals surface area (Å²) < 4.78 is 12.7. The highest BCUT2D eigenvalue weighted by Gasteiger charge is 2.49. The molecule has 42 heavy (non-hydrogen) atoms. The minimum absolute atomic E-state index is 0.129. The Bertz CT molecular complexity index is 1750. The van der Waals surface area contributed by atoms with E-state index in [2.05, 4.69) is 23.8 Å². The predicted octanol–water partition coefficient (Wildman–Crippen LogP) is 5.55. The first-order valence-corrected chi connectivity index (χ1v) is 14.4. The normalized spacial score (nSPS) is 16.5. The quantitative estimate of drug-likeness (QED) is 0.123. The topological polar surface area (TPSA) is 123 Å². The molecule has 10 nitrogen and oxygen atoms in total. The average Bonchev–Trinajstić information content (AvgIpc) is 3.60. The summed E-state index contributed by atoms with van der Waals surface area (Å²) in [7, 11) is 1.26. The molecule has 0 radical (unpaired) electrons. The van der Waals surface area contributed by atoms with Gasteiger partial charge in [-0.1, -0.05) is 43.4 Å². The minimum Gasteiger partial charge on any atom is -0.505 e. The van der Waals surface area contributed by atoms with Crippen LogP contribution < -0.4 is 9.64 Å². The van der Waals surface area contributed by atoms with Crippen molar-refractivity contribution in [1.82, 2.24) is 14.4 Å². The van der Waals surface area contributed by atoms with Gasteiger partial charge in [0.25, 0.3) is 5.78 Å². The molecule has 0 spiro atoms. The van der Waals surface area contributed by atoms with Crippen LogP contribution in [0.5, 0.6) is 5.75 Å². The van der Waals surface area contributed by atoms with Gasteiger partial charge >= 0.3 is 11.9 Å². The molecule has 5 rings (SSSR count). The Kier molecular flexibility index (Phi) is 7.87. The van der Waals surface area contributed by atoms with E-state index in [-0.39, 0.29) is 21.3 Å². The molecule has 4 aromatic rings. The highest BCUT2D eigenvalue weighted by Crippen LogP contribution is 2.44. The molecule has 1 unspecified atom stereocenters. The van der Waals surface area contributed by atoms with E-state index in [1.807, 2.05) is 29.7 Å². The predicted molar refractivity (Wildman–Crippen MR) is 159 cm³/mol. The van der Waals surface area contributed by atoms with Crippen LogP contribution in [0.15, 0.2) is 48.2 Å². The molecule has 1 saturated heterocycles. The molecule has 1 N–H and O–H groups in total. The summed E-state index contributed by atoms with van der Waals surface area (Å²) in [6.07, 6.45) is 2.67. The fourth-order valence-electron chi connectivity index (χ4n) is 4.97. The molecule has 11 heteroatoms. The number of amides is 1. The third kappa shape index (κ3) is 5.04. The van der Waals surface area contributed by atoms with Gasteiger partial charge in [-0.05, 0) is 62.4 Å². The molecule has 4 heterocycles. The first kappa shape index (κ1) is 29.0. The highest BCUT2D eigenvalue weighted by molar-refractivity contribution is 7.17. The van der Waals surface area contributed by atoms with Crippen LogP contribution in [0.4, 0.5) is 5.13 Å². The van der Waals surface area contributed by atoms with Crippen LogP contribution in [0, 0.1) is 26.7 Å². The maximum Gasteiger partial charge on any atom is 0.350 e. The molecule has 0 aliphatic carbocycles. The van der Waals surface area contributed by atoms with Crippen LogP contribution in [0.25, 0.3) is 11.4 Å². The number of hydrogen-bond donors (Lipinski definition) is 1. The Morgan fingerprint density at radius 2 is 1.88 bits per heavy atom. The lowest BCUT2D eigenvalue weighted by Gasteiger charge is -2.23. The van der Waals surface area contributed by atoms with E-state index < -0.39 is 29.5 Å². The Balaban J connectivity index is 1.70. The standard InChI is InChI=1S/C31H32N4O6S/c1-16(2)12-14-41-21-11-7-10-20(15-21)24-22(25(36)23-19(5)34-13-8-9-17(3)28(34)33-23)26(37)29(38)35(24)31-32-18(4)27(42-31)30(39)40-6/h7-11,13,15-16,24,36H,12,14H2,1-6H3/b25-22+. The number of fused-ring (bicyclic) bond motifs is 1. The number of aliphatic hydroxyl groups is 1. The zero-order valence-corrected chi connectivity index (χ0v) is 25.1. The first-order chi connectivity index (χ1) is 20.0. The molecule has 0 bridgehead atoms. The molecule has 1 aliphatic heterocycles. The summed E-state index contributed by atoms with van der Waals surface area (Å²) in [5.41, 5.74) is 3.08. The van der Waals surface area contributed by atoms with Crippen molar-refractivity contribution in [3.63, 3.8) is 0 Å². The van der Waals surface area contributed by atoms with Crippen molar-refractivity contribution in [2.75, 3.05) is 18.6 Å². The number of methoxy groups -OCH3 is 1. The number of ketones is 1. The molecule has 1 amide bonds. The highest BCUT2D eigenvalue weighted by atomic mass is 32.1. The minimum atomic E-state index is -1.06. The summed E-state index contributed by atoms with van der Waals surface area (Å²) >= 11 is 0.945. The monoisotopic (exact) mass is 588 g/mol. The number of esters is 1.